The summed E-state index contributed by atoms with van der Waals surface area (Å²) in [7, 11) is 0. The van der Waals surface area contributed by atoms with Crippen LogP contribution < -0.4 is 0 Å². The lowest BCUT2D eigenvalue weighted by molar-refractivity contribution is 0.0923. The smallest absolute Gasteiger partial charge is 0.165 e. The Kier molecular flexibility index (Phi) is 3.65. The molecule has 1 aliphatic carbocycles. The van der Waals surface area contributed by atoms with Crippen LogP contribution in [0, 0.1) is 5.92 Å². The predicted octanol–water partition coefficient (Wildman–Crippen LogP) is 4.28. The van der Waals surface area contributed by atoms with Gasteiger partial charge in [0.05, 0.1) is 0 Å². The number of Topliss-reactive ketones (excluding diaryl/α,β-unsaturated/α-hetero) is 1. The summed E-state index contributed by atoms with van der Waals surface area (Å²) in [5.74, 6) is 0.565. The summed E-state index contributed by atoms with van der Waals surface area (Å²) in [4.78, 5) is 12.2. The lowest BCUT2D eigenvalue weighted by Gasteiger charge is -2.09. The molecule has 0 radical (unpaired) electrons. The minimum atomic E-state index is 0.255. The van der Waals surface area contributed by atoms with Crippen molar-refractivity contribution in [3.63, 3.8) is 0 Å². The van der Waals surface area contributed by atoms with Gasteiger partial charge in [-0.2, -0.15) is 0 Å². The quantitative estimate of drug-likeness (QED) is 0.716. The van der Waals surface area contributed by atoms with Crippen LogP contribution in [0.25, 0.3) is 0 Å². The average molecular weight is 237 g/mol. The lowest BCUT2D eigenvalue weighted by atomic mass is 9.95. The molecule has 1 saturated carbocycles. The molecule has 1 aliphatic rings. The fraction of sp³-hybridized carbons (Fsp3) is 0.500. The highest BCUT2D eigenvalue weighted by atomic mass is 35.5. The summed E-state index contributed by atoms with van der Waals surface area (Å²) in [5.41, 5.74) is 1.92. The first-order valence-corrected chi connectivity index (χ1v) is 6.42. The topological polar surface area (TPSA) is 17.1 Å². The van der Waals surface area contributed by atoms with E-state index in [9.17, 15) is 4.79 Å². The SMILES string of the molecule is CCc1cc(C(=O)C2CCCC2)ccc1Cl. The molecule has 86 valence electrons. The molecule has 0 aromatic heterocycles. The Morgan fingerprint density at radius 1 is 1.38 bits per heavy atom. The van der Waals surface area contributed by atoms with E-state index in [2.05, 4.69) is 6.92 Å². The Bertz CT molecular complexity index is 392. The summed E-state index contributed by atoms with van der Waals surface area (Å²) in [6, 6.07) is 5.67. The fourth-order valence-corrected chi connectivity index (χ4v) is 2.67. The van der Waals surface area contributed by atoms with Gasteiger partial charge in [-0.05, 0) is 43.0 Å². The fourth-order valence-electron chi connectivity index (χ4n) is 2.42. The van der Waals surface area contributed by atoms with Gasteiger partial charge in [-0.1, -0.05) is 31.4 Å². The molecule has 2 heteroatoms. The number of carbonyl (C=O) groups excluding carboxylic acids is 1. The van der Waals surface area contributed by atoms with Crippen LogP contribution >= 0.6 is 11.6 Å². The van der Waals surface area contributed by atoms with Crippen LogP contribution in [0.2, 0.25) is 5.02 Å². The van der Waals surface area contributed by atoms with Gasteiger partial charge in [0.15, 0.2) is 5.78 Å². The number of benzene rings is 1. The number of ketones is 1. The zero-order valence-corrected chi connectivity index (χ0v) is 10.4. The minimum Gasteiger partial charge on any atom is -0.294 e. The standard InChI is InChI=1S/C14H17ClO/c1-2-10-9-12(7-8-13(10)15)14(16)11-5-3-4-6-11/h7-9,11H,2-6H2,1H3. The van der Waals surface area contributed by atoms with Crippen molar-refractivity contribution in [1.82, 2.24) is 0 Å². The van der Waals surface area contributed by atoms with E-state index >= 15 is 0 Å². The largest absolute Gasteiger partial charge is 0.294 e. The molecule has 0 N–H and O–H groups in total. The molecule has 1 aromatic carbocycles. The van der Waals surface area contributed by atoms with Crippen LogP contribution in [0.4, 0.5) is 0 Å². The van der Waals surface area contributed by atoms with Gasteiger partial charge in [-0.25, -0.2) is 0 Å². The average Bonchev–Trinajstić information content (AvgIpc) is 2.82. The van der Waals surface area contributed by atoms with Crippen molar-refractivity contribution in [2.45, 2.75) is 39.0 Å². The number of aryl methyl sites for hydroxylation is 1. The molecule has 0 unspecified atom stereocenters. The number of carbonyl (C=O) groups is 1. The summed E-state index contributed by atoms with van der Waals surface area (Å²) >= 11 is 6.05. The molecule has 1 nitrogen and oxygen atoms in total. The zero-order valence-electron chi connectivity index (χ0n) is 9.63. The van der Waals surface area contributed by atoms with E-state index in [1.807, 2.05) is 18.2 Å². The number of rotatable bonds is 3. The van der Waals surface area contributed by atoms with Crippen LogP contribution in [0.5, 0.6) is 0 Å². The zero-order chi connectivity index (χ0) is 11.5. The third kappa shape index (κ3) is 2.30. The monoisotopic (exact) mass is 236 g/mol. The second kappa shape index (κ2) is 5.01. The van der Waals surface area contributed by atoms with Crippen molar-refractivity contribution < 1.29 is 4.79 Å². The van der Waals surface area contributed by atoms with Crippen LogP contribution in [0.3, 0.4) is 0 Å². The molecule has 1 fully saturated rings. The molecule has 0 bridgehead atoms. The van der Waals surface area contributed by atoms with Gasteiger partial charge >= 0.3 is 0 Å². The van der Waals surface area contributed by atoms with Crippen molar-refractivity contribution in [3.8, 4) is 0 Å². The van der Waals surface area contributed by atoms with Crippen molar-refractivity contribution in [2.24, 2.45) is 5.92 Å². The second-order valence-corrected chi connectivity index (χ2v) is 4.91. The maximum atomic E-state index is 12.2. The minimum absolute atomic E-state index is 0.255. The molecule has 0 amide bonds. The Labute approximate surface area is 102 Å². The summed E-state index contributed by atoms with van der Waals surface area (Å²) < 4.78 is 0. The Morgan fingerprint density at radius 2 is 2.06 bits per heavy atom. The highest BCUT2D eigenvalue weighted by molar-refractivity contribution is 6.31. The van der Waals surface area contributed by atoms with Crippen molar-refractivity contribution in [1.29, 1.82) is 0 Å². The van der Waals surface area contributed by atoms with E-state index in [-0.39, 0.29) is 5.92 Å². The van der Waals surface area contributed by atoms with Gasteiger partial charge in [-0.15, -0.1) is 0 Å². The van der Waals surface area contributed by atoms with Crippen molar-refractivity contribution in [2.75, 3.05) is 0 Å². The maximum absolute atomic E-state index is 12.2. The van der Waals surface area contributed by atoms with E-state index in [4.69, 9.17) is 11.6 Å². The van der Waals surface area contributed by atoms with Gasteiger partial charge in [0, 0.05) is 16.5 Å². The molecule has 0 heterocycles. The van der Waals surface area contributed by atoms with Crippen LogP contribution in [-0.2, 0) is 6.42 Å². The molecule has 0 atom stereocenters. The highest BCUT2D eigenvalue weighted by Crippen LogP contribution is 2.29. The van der Waals surface area contributed by atoms with E-state index in [1.54, 1.807) is 0 Å². The van der Waals surface area contributed by atoms with E-state index in [0.29, 0.717) is 5.78 Å². The van der Waals surface area contributed by atoms with Gasteiger partial charge in [-0.3, -0.25) is 4.79 Å². The molecular weight excluding hydrogens is 220 g/mol. The Morgan fingerprint density at radius 3 is 2.69 bits per heavy atom. The Hall–Kier alpha value is -0.820. The number of halogens is 1. The predicted molar refractivity (Wildman–Crippen MR) is 67.1 cm³/mol. The van der Waals surface area contributed by atoms with E-state index < -0.39 is 0 Å². The highest BCUT2D eigenvalue weighted by Gasteiger charge is 2.23. The Balaban J connectivity index is 2.22. The van der Waals surface area contributed by atoms with Gasteiger partial charge in [0.25, 0.3) is 0 Å². The lowest BCUT2D eigenvalue weighted by Crippen LogP contribution is -2.11. The summed E-state index contributed by atoms with van der Waals surface area (Å²) in [6.07, 6.45) is 5.39. The summed E-state index contributed by atoms with van der Waals surface area (Å²) in [5, 5.41) is 0.769. The van der Waals surface area contributed by atoms with Crippen LogP contribution in [-0.4, -0.2) is 5.78 Å². The third-order valence-corrected chi connectivity index (χ3v) is 3.81. The number of hydrogen-bond acceptors (Lipinski definition) is 1. The molecule has 2 rings (SSSR count). The van der Waals surface area contributed by atoms with Crippen molar-refractivity contribution in [3.05, 3.63) is 34.3 Å². The molecule has 0 spiro atoms. The first kappa shape index (κ1) is 11.7. The van der Waals surface area contributed by atoms with Gasteiger partial charge < -0.3 is 0 Å². The molecule has 0 saturated heterocycles. The molecular formula is C14H17ClO. The van der Waals surface area contributed by atoms with Gasteiger partial charge in [0.2, 0.25) is 0 Å². The third-order valence-electron chi connectivity index (χ3n) is 3.44. The molecule has 1 aromatic rings. The van der Waals surface area contributed by atoms with Gasteiger partial charge in [0.1, 0.15) is 0 Å². The van der Waals surface area contributed by atoms with Crippen molar-refractivity contribution >= 4 is 17.4 Å². The van der Waals surface area contributed by atoms with Crippen LogP contribution in [0.1, 0.15) is 48.5 Å². The normalized spacial score (nSPS) is 16.6. The molecule has 0 aliphatic heterocycles. The maximum Gasteiger partial charge on any atom is 0.165 e. The van der Waals surface area contributed by atoms with E-state index in [0.717, 1.165) is 35.4 Å². The van der Waals surface area contributed by atoms with E-state index in [1.165, 1.54) is 12.8 Å². The second-order valence-electron chi connectivity index (χ2n) is 4.51. The molecule has 16 heavy (non-hydrogen) atoms. The first-order chi connectivity index (χ1) is 7.72. The first-order valence-electron chi connectivity index (χ1n) is 6.05. The van der Waals surface area contributed by atoms with Crippen LogP contribution in [0.15, 0.2) is 18.2 Å². The summed E-state index contributed by atoms with van der Waals surface area (Å²) in [6.45, 7) is 2.06. The number of hydrogen-bond donors (Lipinski definition) is 0.